The summed E-state index contributed by atoms with van der Waals surface area (Å²) in [5.74, 6) is 3.53. The van der Waals surface area contributed by atoms with Gasteiger partial charge in [0.2, 0.25) is 0 Å². The van der Waals surface area contributed by atoms with E-state index in [1.54, 1.807) is 40.5 Å². The first kappa shape index (κ1) is 63.9. The zero-order valence-electron chi connectivity index (χ0n) is 52.5. The van der Waals surface area contributed by atoms with Crippen molar-refractivity contribution in [2.75, 3.05) is 72.8 Å². The minimum absolute atomic E-state index is 0.0110. The molecule has 1 N–H and O–H groups in total. The van der Waals surface area contributed by atoms with Gasteiger partial charge in [-0.2, -0.15) is 0 Å². The quantitative estimate of drug-likeness (QED) is 0.0847. The van der Waals surface area contributed by atoms with Crippen LogP contribution in [0.1, 0.15) is 133 Å². The maximum Gasteiger partial charge on any atom is 0.410 e. The van der Waals surface area contributed by atoms with Crippen molar-refractivity contribution in [3.05, 3.63) is 133 Å². The summed E-state index contributed by atoms with van der Waals surface area (Å²) >= 11 is 0. The van der Waals surface area contributed by atoms with Crippen LogP contribution in [0.4, 0.5) is 9.59 Å². The number of aliphatic hydroxyl groups is 1. The minimum atomic E-state index is -0.646. The molecule has 4 aliphatic heterocycles. The Hall–Kier alpha value is -7.61. The van der Waals surface area contributed by atoms with Crippen LogP contribution in [0.25, 0.3) is 21.8 Å². The second-order valence-corrected chi connectivity index (χ2v) is 25.1. The monoisotopic (exact) mass is 1200 g/mol. The summed E-state index contributed by atoms with van der Waals surface area (Å²) in [4.78, 5) is 73.8. The Bertz CT molecular complexity index is 3530. The second kappa shape index (κ2) is 28.0. The van der Waals surface area contributed by atoms with Gasteiger partial charge in [-0.3, -0.25) is 14.4 Å². The van der Waals surface area contributed by atoms with Crippen LogP contribution >= 0.6 is 0 Å². The number of ether oxygens (including phenoxy) is 7. The highest BCUT2D eigenvalue weighted by atomic mass is 16.6. The number of amides is 2. The maximum absolute atomic E-state index is 13.4. The number of carbonyl (C=O) groups is 3. The van der Waals surface area contributed by atoms with E-state index in [0.717, 1.165) is 107 Å². The molecule has 1 unspecified atom stereocenters. The highest BCUT2D eigenvalue weighted by Gasteiger charge is 2.34. The lowest BCUT2D eigenvalue weighted by atomic mass is 10.00. The molecule has 1 atom stereocenters. The number of Topliss-reactive ketones (excluding diaryl/α,β-unsaturated/α-hetero) is 1. The maximum atomic E-state index is 13.4. The van der Waals surface area contributed by atoms with E-state index in [2.05, 4.69) is 9.80 Å². The van der Waals surface area contributed by atoms with E-state index in [-0.39, 0.29) is 41.2 Å². The minimum Gasteiger partial charge on any atom is -0.497 e. The fourth-order valence-electron chi connectivity index (χ4n) is 11.9. The average Bonchev–Trinajstić information content (AvgIpc) is 1.05. The second-order valence-electron chi connectivity index (χ2n) is 25.1. The van der Waals surface area contributed by atoms with Gasteiger partial charge in [-0.15, -0.1) is 0 Å². The third kappa shape index (κ3) is 16.1. The first-order valence-electron chi connectivity index (χ1n) is 30.9. The van der Waals surface area contributed by atoms with Crippen molar-refractivity contribution in [2.45, 2.75) is 156 Å². The molecule has 2 fully saturated rings. The van der Waals surface area contributed by atoms with Crippen molar-refractivity contribution >= 4 is 39.8 Å². The van der Waals surface area contributed by atoms with Gasteiger partial charge in [0, 0.05) is 118 Å². The Labute approximate surface area is 510 Å². The number of aliphatic hydroxyl groups excluding tert-OH is 1. The van der Waals surface area contributed by atoms with Gasteiger partial charge in [-0.1, -0.05) is 26.0 Å². The summed E-state index contributed by atoms with van der Waals surface area (Å²) in [5, 5.41) is 12.3. The number of methoxy groups -OCH3 is 1. The smallest absolute Gasteiger partial charge is 0.410 e. The van der Waals surface area contributed by atoms with Gasteiger partial charge in [0.15, 0.2) is 28.8 Å². The number of hydrogen-bond acceptors (Lipinski definition) is 15. The normalized spacial score (nSPS) is 16.2. The lowest BCUT2D eigenvalue weighted by Crippen LogP contribution is -2.49. The molecule has 2 amide bonds. The molecule has 87 heavy (non-hydrogen) atoms. The lowest BCUT2D eigenvalue weighted by Gasteiger charge is -2.39. The average molecular weight is 1200 g/mol. The van der Waals surface area contributed by atoms with Crippen LogP contribution < -0.4 is 34.8 Å². The van der Waals surface area contributed by atoms with Gasteiger partial charge in [-0.05, 0) is 157 Å². The number of fused-ring (bicyclic) bond motifs is 4. The van der Waals surface area contributed by atoms with Crippen molar-refractivity contribution in [1.29, 1.82) is 0 Å². The number of ketones is 1. The first-order chi connectivity index (χ1) is 41.6. The van der Waals surface area contributed by atoms with E-state index in [1.807, 2.05) is 133 Å². The topological polar surface area (TPSA) is 193 Å². The van der Waals surface area contributed by atoms with Gasteiger partial charge < -0.3 is 67.0 Å². The molecule has 19 heteroatoms. The summed E-state index contributed by atoms with van der Waals surface area (Å²) in [6, 6.07) is 26.0. The number of aryl methyl sites for hydroxylation is 1. The van der Waals surface area contributed by atoms with Crippen molar-refractivity contribution in [3.63, 3.8) is 0 Å². The van der Waals surface area contributed by atoms with Crippen molar-refractivity contribution in [3.8, 4) is 28.7 Å². The Kier molecular flexibility index (Phi) is 20.6. The summed E-state index contributed by atoms with van der Waals surface area (Å²) in [5.41, 5.74) is 4.50. The zero-order valence-corrected chi connectivity index (χ0v) is 52.5. The molecule has 4 aromatic carbocycles. The molecule has 6 aromatic rings. The fraction of sp³-hybridized carbons (Fsp3) is 0.515. The molecule has 19 nitrogen and oxygen atoms in total. The molecule has 0 spiro atoms. The Morgan fingerprint density at radius 2 is 1.03 bits per heavy atom. The Morgan fingerprint density at radius 1 is 0.586 bits per heavy atom. The molecular weight excluding hydrogens is 1110 g/mol. The van der Waals surface area contributed by atoms with Crippen LogP contribution in [0.5, 0.6) is 28.7 Å². The number of benzene rings is 4. The summed E-state index contributed by atoms with van der Waals surface area (Å²) in [6.45, 7) is 25.5. The number of rotatable bonds is 17. The Balaban J connectivity index is 0.000000208. The molecular formula is C68H88N6O13. The molecule has 10 rings (SSSR count). The van der Waals surface area contributed by atoms with Crippen molar-refractivity contribution < 1.29 is 52.6 Å². The van der Waals surface area contributed by atoms with E-state index in [9.17, 15) is 29.1 Å². The molecule has 0 aliphatic carbocycles. The van der Waals surface area contributed by atoms with E-state index in [1.165, 1.54) is 0 Å². The van der Waals surface area contributed by atoms with Gasteiger partial charge in [0.1, 0.15) is 43.4 Å². The van der Waals surface area contributed by atoms with Crippen molar-refractivity contribution in [2.24, 2.45) is 0 Å². The number of aromatic nitrogens is 2. The lowest BCUT2D eigenvalue weighted by molar-refractivity contribution is 0.00468. The number of carbonyl (C=O) groups excluding carboxylic acids is 3. The van der Waals surface area contributed by atoms with Crippen LogP contribution in [-0.4, -0.2) is 148 Å². The van der Waals surface area contributed by atoms with Gasteiger partial charge in [0.25, 0.3) is 11.1 Å². The molecule has 468 valence electrons. The van der Waals surface area contributed by atoms with Crippen LogP contribution in [0.3, 0.4) is 0 Å². The molecule has 0 radical (unpaired) electrons. The molecule has 6 heterocycles. The highest BCUT2D eigenvalue weighted by molar-refractivity contribution is 6.07. The standard InChI is InChI=1S/C34H45N3O7.C34H43N3O6/c1-6-29(38)27-20-25(41-5)21-28-26(27)8-10-32(39)36(28)16-15-35-13-11-24(12-14-35)37(33(40)44-34(2,3)4)22-23-7-9-30-31(19-23)43-18-17-42-30;1-6-29(38)27-19-23(2)20-28-26(27)8-10-32(39)36(28)16-15-35-13-11-25(12-14-35)37(33(40)43-34(3,4)5)22-24-7-9-30-31(21-24)42-18-17-41-30/h7-10,19-21,24,29,38H,6,11-18,22H2,1-5H3;7-10,19-21,25H,6,11-18,22H2,1-5H3. The van der Waals surface area contributed by atoms with Crippen LogP contribution in [0.15, 0.2) is 94.5 Å². The van der Waals surface area contributed by atoms with Crippen molar-refractivity contribution in [1.82, 2.24) is 28.7 Å². The SMILES string of the molecule is CCC(=O)c1cc(C)cc2c1ccc(=O)n2CCN1CCC(N(Cc2ccc3c(c2)OCCO3)C(=O)OC(C)(C)C)CC1.CCC(O)c1cc(OC)cc2c1ccc(=O)n2CCN1CCC(N(Cc2ccc3c(c2)OCCO3)C(=O)OC(C)(C)C)CC1. The summed E-state index contributed by atoms with van der Waals surface area (Å²) in [6.07, 6.45) is 2.84. The predicted molar refractivity (Wildman–Crippen MR) is 335 cm³/mol. The third-order valence-electron chi connectivity index (χ3n) is 16.4. The molecule has 0 bridgehead atoms. The molecule has 2 aromatic heterocycles. The zero-order chi connectivity index (χ0) is 62.2. The highest BCUT2D eigenvalue weighted by Crippen LogP contribution is 2.35. The third-order valence-corrected chi connectivity index (χ3v) is 16.4. The predicted octanol–water partition coefficient (Wildman–Crippen LogP) is 10.7. The van der Waals surface area contributed by atoms with E-state index < -0.39 is 17.3 Å². The number of hydrogen-bond donors (Lipinski definition) is 1. The van der Waals surface area contributed by atoms with Gasteiger partial charge >= 0.3 is 12.2 Å². The van der Waals surface area contributed by atoms with E-state index in [4.69, 9.17) is 33.2 Å². The molecule has 0 saturated carbocycles. The fourth-order valence-corrected chi connectivity index (χ4v) is 11.9. The van der Waals surface area contributed by atoms with Crippen LogP contribution in [0, 0.1) is 6.92 Å². The number of piperidine rings is 2. The first-order valence-corrected chi connectivity index (χ1v) is 30.9. The number of nitrogens with zero attached hydrogens (tertiary/aromatic N) is 6. The molecule has 4 aliphatic rings. The Morgan fingerprint density at radius 3 is 1.47 bits per heavy atom. The van der Waals surface area contributed by atoms with Crippen LogP contribution in [-0.2, 0) is 35.7 Å². The van der Waals surface area contributed by atoms with Crippen LogP contribution in [0.2, 0.25) is 0 Å². The summed E-state index contributed by atoms with van der Waals surface area (Å²) in [7, 11) is 1.59. The van der Waals surface area contributed by atoms with Gasteiger partial charge in [-0.25, -0.2) is 9.59 Å². The van der Waals surface area contributed by atoms with E-state index in [0.29, 0.717) is 101 Å². The summed E-state index contributed by atoms with van der Waals surface area (Å²) < 4.78 is 43.6. The number of pyridine rings is 2. The van der Waals surface area contributed by atoms with E-state index >= 15 is 0 Å². The van der Waals surface area contributed by atoms with Gasteiger partial charge in [0.05, 0.1) is 24.2 Å². The number of likely N-dealkylation sites (tertiary alicyclic amines) is 2. The largest absolute Gasteiger partial charge is 0.497 e. The molecule has 2 saturated heterocycles.